The Morgan fingerprint density at radius 2 is 1.68 bits per heavy atom. The molecule has 0 spiro atoms. The number of nitrogens with one attached hydrogen (secondary N) is 3. The lowest BCUT2D eigenvalue weighted by Crippen LogP contribution is -2.45. The number of benzene rings is 2. The smallest absolute Gasteiger partial charge is 0.333 e. The van der Waals surface area contributed by atoms with E-state index in [2.05, 4.69) is 25.2 Å². The van der Waals surface area contributed by atoms with E-state index in [1.54, 1.807) is 42.5 Å². The van der Waals surface area contributed by atoms with Crippen LogP contribution < -0.4 is 16.5 Å². The Morgan fingerprint density at radius 3 is 2.35 bits per heavy atom. The van der Waals surface area contributed by atoms with E-state index in [9.17, 15) is 9.59 Å². The summed E-state index contributed by atoms with van der Waals surface area (Å²) in [6.45, 7) is 3.94. The van der Waals surface area contributed by atoms with Crippen LogP contribution in [0.3, 0.4) is 0 Å². The fourth-order valence-corrected chi connectivity index (χ4v) is 6.12. The second-order valence-corrected chi connectivity index (χ2v) is 10.9. The predicted molar refractivity (Wildman–Crippen MR) is 155 cm³/mol. The number of rotatable bonds is 5. The molecular weight excluding hydrogens is 551 g/mol. The lowest BCUT2D eigenvalue weighted by molar-refractivity contribution is 0.0644. The summed E-state index contributed by atoms with van der Waals surface area (Å²) < 4.78 is 1.09. The molecule has 2 aromatic heterocycles. The third-order valence-corrected chi connectivity index (χ3v) is 8.26. The Balaban J connectivity index is 1.16. The highest BCUT2D eigenvalue weighted by atomic mass is 35.5. The summed E-state index contributed by atoms with van der Waals surface area (Å²) in [4.78, 5) is 41.9. The lowest BCUT2D eigenvalue weighted by atomic mass is 10.0. The van der Waals surface area contributed by atoms with Crippen LogP contribution in [0.2, 0.25) is 10.0 Å². The van der Waals surface area contributed by atoms with Gasteiger partial charge in [-0.1, -0.05) is 29.3 Å². The summed E-state index contributed by atoms with van der Waals surface area (Å²) in [5.74, 6) is 0.278. The van der Waals surface area contributed by atoms with Gasteiger partial charge in [0.1, 0.15) is 5.49 Å². The van der Waals surface area contributed by atoms with Crippen molar-refractivity contribution < 1.29 is 4.79 Å². The first-order valence-electron chi connectivity index (χ1n) is 13.3. The van der Waals surface area contributed by atoms with Gasteiger partial charge < -0.3 is 15.1 Å². The van der Waals surface area contributed by atoms with Crippen LogP contribution in [0.4, 0.5) is 11.6 Å². The Labute approximate surface area is 240 Å². The highest BCUT2D eigenvalue weighted by Crippen LogP contribution is 2.27. The topological polar surface area (TPSA) is 123 Å². The van der Waals surface area contributed by atoms with E-state index in [0.29, 0.717) is 22.7 Å². The van der Waals surface area contributed by atoms with E-state index in [1.165, 1.54) is 32.1 Å². The average molecular weight is 579 g/mol. The van der Waals surface area contributed by atoms with E-state index >= 15 is 0 Å². The molecule has 4 aromatic rings. The van der Waals surface area contributed by atoms with Gasteiger partial charge in [-0.3, -0.25) is 15.2 Å². The van der Waals surface area contributed by atoms with Crippen LogP contribution in [0.5, 0.6) is 0 Å². The quantitative estimate of drug-likeness (QED) is 0.323. The molecule has 2 saturated heterocycles. The van der Waals surface area contributed by atoms with Crippen LogP contribution in [0.1, 0.15) is 36.0 Å². The molecule has 2 aromatic carbocycles. The molecule has 0 atom stereocenters. The number of aromatic amines is 1. The standard InChI is InChI=1S/C28H28Cl2N8O2/c29-21-4-3-5-22(30)23(21)38-24(31)20-16-32-27(34-25(20)35-28(38)40)33-18-8-6-17(7-9-18)26(39)37-14-10-19(11-15-37)36-12-1-2-13-36/h3-9,16,19,31H,1-2,10-15H2,(H2,32,33,34,35,40). The highest BCUT2D eigenvalue weighted by molar-refractivity contribution is 6.37. The SMILES string of the molecule is N=c1c2cnc(Nc3ccc(C(=O)N4CCC(N5CCCC5)CC4)cc3)nc2[nH]c(=O)n1-c1c(Cl)cccc1Cl. The second kappa shape index (κ2) is 11.0. The van der Waals surface area contributed by atoms with Gasteiger partial charge in [-0.05, 0) is 75.2 Å². The van der Waals surface area contributed by atoms with E-state index in [0.717, 1.165) is 30.5 Å². The summed E-state index contributed by atoms with van der Waals surface area (Å²) in [5.41, 5.74) is 0.974. The lowest BCUT2D eigenvalue weighted by Gasteiger charge is -2.36. The molecule has 10 nitrogen and oxygen atoms in total. The van der Waals surface area contributed by atoms with Gasteiger partial charge in [0.2, 0.25) is 5.95 Å². The third kappa shape index (κ3) is 5.10. The minimum absolute atomic E-state index is 0.0425. The number of halogens is 2. The van der Waals surface area contributed by atoms with Crippen LogP contribution in [0.15, 0.2) is 53.5 Å². The molecule has 2 aliphatic rings. The number of nitrogens with zero attached hydrogens (tertiary/aromatic N) is 5. The zero-order valence-corrected chi connectivity index (χ0v) is 23.2. The number of hydrogen-bond donors (Lipinski definition) is 3. The molecule has 6 rings (SSSR count). The highest BCUT2D eigenvalue weighted by Gasteiger charge is 2.28. The number of para-hydroxylation sites is 1. The first-order chi connectivity index (χ1) is 19.4. The maximum Gasteiger partial charge on any atom is 0.333 e. The van der Waals surface area contributed by atoms with Crippen LogP contribution >= 0.6 is 23.2 Å². The molecule has 3 N–H and O–H groups in total. The Morgan fingerprint density at radius 1 is 1.00 bits per heavy atom. The Kier molecular flexibility index (Phi) is 7.31. The van der Waals surface area contributed by atoms with Crippen LogP contribution in [0, 0.1) is 5.41 Å². The molecule has 12 heteroatoms. The van der Waals surface area contributed by atoms with Gasteiger partial charge in [-0.2, -0.15) is 4.98 Å². The molecule has 2 fully saturated rings. The number of piperidine rings is 1. The van der Waals surface area contributed by atoms with Gasteiger partial charge in [0, 0.05) is 36.6 Å². The van der Waals surface area contributed by atoms with Gasteiger partial charge in [0.05, 0.1) is 21.1 Å². The third-order valence-electron chi connectivity index (χ3n) is 7.65. The summed E-state index contributed by atoms with van der Waals surface area (Å²) in [6, 6.07) is 12.6. The van der Waals surface area contributed by atoms with Crippen molar-refractivity contribution in [1.29, 1.82) is 5.41 Å². The van der Waals surface area contributed by atoms with Crippen LogP contribution in [-0.2, 0) is 0 Å². The van der Waals surface area contributed by atoms with Gasteiger partial charge in [0.25, 0.3) is 5.91 Å². The minimum atomic E-state index is -0.607. The van der Waals surface area contributed by atoms with Crippen molar-refractivity contribution in [3.8, 4) is 5.69 Å². The van der Waals surface area contributed by atoms with E-state index < -0.39 is 5.69 Å². The molecular formula is C28H28Cl2N8O2. The van der Waals surface area contributed by atoms with Crippen LogP contribution in [0.25, 0.3) is 16.7 Å². The average Bonchev–Trinajstić information content (AvgIpc) is 3.50. The first-order valence-corrected chi connectivity index (χ1v) is 14.1. The van der Waals surface area contributed by atoms with E-state index in [1.807, 2.05) is 4.90 Å². The predicted octanol–water partition coefficient (Wildman–Crippen LogP) is 4.34. The summed E-state index contributed by atoms with van der Waals surface area (Å²) in [5, 5.41) is 12.5. The Bertz CT molecular complexity index is 1670. The van der Waals surface area contributed by atoms with Crippen molar-refractivity contribution in [2.45, 2.75) is 31.7 Å². The zero-order valence-electron chi connectivity index (χ0n) is 21.7. The molecule has 0 aliphatic carbocycles. The number of amides is 1. The molecule has 40 heavy (non-hydrogen) atoms. The zero-order chi connectivity index (χ0) is 27.8. The summed E-state index contributed by atoms with van der Waals surface area (Å²) in [7, 11) is 0. The summed E-state index contributed by atoms with van der Waals surface area (Å²) >= 11 is 12.5. The van der Waals surface area contributed by atoms with E-state index in [4.69, 9.17) is 28.6 Å². The van der Waals surface area contributed by atoms with Crippen LogP contribution in [-0.4, -0.2) is 67.4 Å². The van der Waals surface area contributed by atoms with E-state index in [-0.39, 0.29) is 38.7 Å². The van der Waals surface area contributed by atoms with Gasteiger partial charge in [-0.25, -0.2) is 14.3 Å². The minimum Gasteiger partial charge on any atom is -0.339 e. The van der Waals surface area contributed by atoms with Crippen molar-refractivity contribution in [1.82, 2.24) is 29.3 Å². The molecule has 1 amide bonds. The molecule has 0 radical (unpaired) electrons. The second-order valence-electron chi connectivity index (χ2n) is 10.1. The normalized spacial score (nSPS) is 16.5. The number of aromatic nitrogens is 4. The fraction of sp³-hybridized carbons (Fsp3) is 0.321. The number of hydrogen-bond acceptors (Lipinski definition) is 7. The number of likely N-dealkylation sites (tertiary alicyclic amines) is 2. The first kappa shape index (κ1) is 26.5. The van der Waals surface area contributed by atoms with Gasteiger partial charge in [-0.15, -0.1) is 0 Å². The molecule has 0 saturated carbocycles. The molecule has 0 bridgehead atoms. The van der Waals surface area contributed by atoms with Crippen molar-refractivity contribution in [3.63, 3.8) is 0 Å². The van der Waals surface area contributed by atoms with Gasteiger partial charge in [0.15, 0.2) is 5.65 Å². The molecule has 2 aliphatic heterocycles. The van der Waals surface area contributed by atoms with Crippen molar-refractivity contribution in [2.24, 2.45) is 0 Å². The molecule has 0 unspecified atom stereocenters. The number of anilines is 2. The molecule has 4 heterocycles. The summed E-state index contributed by atoms with van der Waals surface area (Å²) in [6.07, 6.45) is 6.07. The number of fused-ring (bicyclic) bond motifs is 1. The largest absolute Gasteiger partial charge is 0.339 e. The number of H-pyrrole nitrogens is 1. The Hall–Kier alpha value is -3.73. The van der Waals surface area contributed by atoms with Gasteiger partial charge >= 0.3 is 5.69 Å². The molecule has 206 valence electrons. The number of carbonyl (C=O) groups is 1. The van der Waals surface area contributed by atoms with Crippen molar-refractivity contribution >= 4 is 51.8 Å². The number of carbonyl (C=O) groups excluding carboxylic acids is 1. The fourth-order valence-electron chi connectivity index (χ4n) is 5.55. The maximum absolute atomic E-state index is 13.1. The monoisotopic (exact) mass is 578 g/mol. The van der Waals surface area contributed by atoms with Crippen molar-refractivity contribution in [3.05, 3.63) is 80.2 Å². The van der Waals surface area contributed by atoms with Crippen molar-refractivity contribution in [2.75, 3.05) is 31.5 Å². The maximum atomic E-state index is 13.1.